The molecular formula is C15H36O3Si4. The molecule has 0 spiro atoms. The summed E-state index contributed by atoms with van der Waals surface area (Å²) in [5.74, 6) is 0. The molecule has 0 saturated carbocycles. The minimum absolute atomic E-state index is 1.09. The van der Waals surface area contributed by atoms with Crippen LogP contribution in [-0.4, -0.2) is 33.8 Å². The smallest absolute Gasteiger partial charge is 0.414 e. The molecule has 0 saturated heterocycles. The number of allylic oxidation sites excluding steroid dienone is 2. The Kier molecular flexibility index (Phi) is 6.68. The Labute approximate surface area is 142 Å². The average Bonchev–Trinajstić information content (AvgIpc) is 2.22. The Morgan fingerprint density at radius 2 is 1.09 bits per heavy atom. The molecule has 1 aliphatic rings. The molecule has 0 radical (unpaired) electrons. The highest BCUT2D eigenvalue weighted by atomic mass is 28.5. The van der Waals surface area contributed by atoms with E-state index >= 15 is 0 Å². The molecule has 0 unspecified atom stereocenters. The van der Waals surface area contributed by atoms with E-state index in [1.165, 1.54) is 18.0 Å². The molecule has 0 aliphatic heterocycles. The molecule has 130 valence electrons. The van der Waals surface area contributed by atoms with E-state index in [9.17, 15) is 0 Å². The normalized spacial score (nSPS) is 18.3. The molecule has 0 aromatic heterocycles. The van der Waals surface area contributed by atoms with Crippen molar-refractivity contribution in [2.24, 2.45) is 0 Å². The van der Waals surface area contributed by atoms with Gasteiger partial charge in [-0.05, 0) is 89.8 Å². The first-order valence-electron chi connectivity index (χ1n) is 8.53. The first kappa shape index (κ1) is 20.5. The van der Waals surface area contributed by atoms with Crippen LogP contribution in [0, 0.1) is 0 Å². The maximum absolute atomic E-state index is 6.75. The SMILES string of the molecule is C[Si](C)(C)O[Si](O[Si](C)(C)C)(O[Si](C)(C)C)C1=CCCCC1. The van der Waals surface area contributed by atoms with Gasteiger partial charge >= 0.3 is 8.80 Å². The zero-order chi connectivity index (χ0) is 17.2. The zero-order valence-electron chi connectivity index (χ0n) is 16.1. The van der Waals surface area contributed by atoms with Crippen LogP contribution < -0.4 is 0 Å². The molecule has 0 atom stereocenters. The second kappa shape index (κ2) is 7.16. The Balaban J connectivity index is 3.30. The molecule has 0 aromatic carbocycles. The fraction of sp³-hybridized carbons (Fsp3) is 0.867. The van der Waals surface area contributed by atoms with Gasteiger partial charge in [-0.15, -0.1) is 0 Å². The highest BCUT2D eigenvalue weighted by Crippen LogP contribution is 2.35. The van der Waals surface area contributed by atoms with Crippen LogP contribution in [-0.2, 0) is 12.3 Å². The Morgan fingerprint density at radius 3 is 1.36 bits per heavy atom. The van der Waals surface area contributed by atoms with Gasteiger partial charge < -0.3 is 12.3 Å². The van der Waals surface area contributed by atoms with Gasteiger partial charge in [-0.3, -0.25) is 0 Å². The highest BCUT2D eigenvalue weighted by molar-refractivity contribution is 6.92. The quantitative estimate of drug-likeness (QED) is 0.547. The van der Waals surface area contributed by atoms with Crippen molar-refractivity contribution in [2.75, 3.05) is 0 Å². The summed E-state index contributed by atoms with van der Waals surface area (Å²) >= 11 is 0. The first-order chi connectivity index (χ1) is 9.73. The summed E-state index contributed by atoms with van der Waals surface area (Å²) in [6.45, 7) is 20.2. The number of rotatable bonds is 7. The third-order valence-electron chi connectivity index (χ3n) is 3.01. The molecule has 7 heteroatoms. The maximum Gasteiger partial charge on any atom is 0.501 e. The highest BCUT2D eigenvalue weighted by Gasteiger charge is 2.53. The molecule has 0 N–H and O–H groups in total. The minimum Gasteiger partial charge on any atom is -0.414 e. The van der Waals surface area contributed by atoms with Crippen LogP contribution in [0.25, 0.3) is 0 Å². The molecule has 0 aromatic rings. The number of hydrogen-bond acceptors (Lipinski definition) is 3. The lowest BCUT2D eigenvalue weighted by Gasteiger charge is -2.44. The number of hydrogen-bond donors (Lipinski definition) is 0. The second-order valence-electron chi connectivity index (χ2n) is 9.17. The molecule has 0 amide bonds. The zero-order valence-corrected chi connectivity index (χ0v) is 20.1. The fourth-order valence-corrected chi connectivity index (χ4v) is 16.3. The first-order valence-corrected chi connectivity index (χ1v) is 20.5. The molecule has 0 fully saturated rings. The van der Waals surface area contributed by atoms with E-state index in [-0.39, 0.29) is 0 Å². The Hall–Kier alpha value is 0.488. The van der Waals surface area contributed by atoms with Crippen molar-refractivity contribution >= 4 is 33.8 Å². The maximum atomic E-state index is 6.75. The van der Waals surface area contributed by atoms with Gasteiger partial charge in [0.05, 0.1) is 0 Å². The van der Waals surface area contributed by atoms with Crippen molar-refractivity contribution in [2.45, 2.75) is 84.6 Å². The van der Waals surface area contributed by atoms with Crippen molar-refractivity contribution in [3.63, 3.8) is 0 Å². The van der Waals surface area contributed by atoms with Gasteiger partial charge in [-0.25, -0.2) is 0 Å². The van der Waals surface area contributed by atoms with Crippen LogP contribution in [0.2, 0.25) is 58.9 Å². The Bertz CT molecular complexity index is 362. The van der Waals surface area contributed by atoms with E-state index in [1.54, 1.807) is 0 Å². The van der Waals surface area contributed by atoms with Crippen molar-refractivity contribution in [3.8, 4) is 0 Å². The van der Waals surface area contributed by atoms with Gasteiger partial charge in [0.1, 0.15) is 0 Å². The van der Waals surface area contributed by atoms with Crippen LogP contribution in [0.3, 0.4) is 0 Å². The van der Waals surface area contributed by atoms with E-state index in [0.29, 0.717) is 0 Å². The van der Waals surface area contributed by atoms with Crippen LogP contribution in [0.4, 0.5) is 0 Å². The summed E-state index contributed by atoms with van der Waals surface area (Å²) in [4.78, 5) is 0. The van der Waals surface area contributed by atoms with Crippen molar-refractivity contribution in [3.05, 3.63) is 11.3 Å². The second-order valence-corrected chi connectivity index (χ2v) is 26.1. The van der Waals surface area contributed by atoms with Crippen molar-refractivity contribution < 1.29 is 12.3 Å². The average molecular weight is 377 g/mol. The molecule has 22 heavy (non-hydrogen) atoms. The van der Waals surface area contributed by atoms with Gasteiger partial charge in [0, 0.05) is 0 Å². The summed E-state index contributed by atoms with van der Waals surface area (Å²) in [6.07, 6.45) is 7.12. The van der Waals surface area contributed by atoms with Crippen LogP contribution in [0.15, 0.2) is 11.3 Å². The largest absolute Gasteiger partial charge is 0.501 e. The van der Waals surface area contributed by atoms with E-state index in [2.05, 4.69) is 65.0 Å². The lowest BCUT2D eigenvalue weighted by atomic mass is 10.1. The fourth-order valence-electron chi connectivity index (χ4n) is 2.58. The topological polar surface area (TPSA) is 27.7 Å². The molecule has 3 nitrogen and oxygen atoms in total. The summed E-state index contributed by atoms with van der Waals surface area (Å²) < 4.78 is 20.3. The van der Waals surface area contributed by atoms with Crippen molar-refractivity contribution in [1.29, 1.82) is 0 Å². The van der Waals surface area contributed by atoms with Gasteiger partial charge in [0.2, 0.25) is 0 Å². The summed E-state index contributed by atoms with van der Waals surface area (Å²) in [7, 11) is -8.04. The van der Waals surface area contributed by atoms with Gasteiger partial charge in [0.25, 0.3) is 0 Å². The Morgan fingerprint density at radius 1 is 0.682 bits per heavy atom. The summed E-state index contributed by atoms with van der Waals surface area (Å²) in [5, 5.41) is 1.37. The minimum atomic E-state index is -2.75. The lowest BCUT2D eigenvalue weighted by Crippen LogP contribution is -2.62. The predicted octanol–water partition coefficient (Wildman–Crippen LogP) is 5.52. The predicted molar refractivity (Wildman–Crippen MR) is 106 cm³/mol. The van der Waals surface area contributed by atoms with Gasteiger partial charge in [-0.1, -0.05) is 6.08 Å². The third kappa shape index (κ3) is 7.37. The van der Waals surface area contributed by atoms with Gasteiger partial charge in [-0.2, -0.15) is 0 Å². The van der Waals surface area contributed by atoms with Crippen LogP contribution in [0.1, 0.15) is 25.7 Å². The van der Waals surface area contributed by atoms with Gasteiger partial charge in [0.15, 0.2) is 25.0 Å². The molecule has 1 aliphatic carbocycles. The molecule has 0 heterocycles. The van der Waals surface area contributed by atoms with E-state index in [0.717, 1.165) is 12.8 Å². The van der Waals surface area contributed by atoms with Crippen LogP contribution in [0.5, 0.6) is 0 Å². The molecular weight excluding hydrogens is 341 g/mol. The monoisotopic (exact) mass is 376 g/mol. The summed E-state index contributed by atoms with van der Waals surface area (Å²) in [6, 6.07) is 0. The third-order valence-corrected chi connectivity index (χ3v) is 14.8. The molecule has 0 bridgehead atoms. The summed E-state index contributed by atoms with van der Waals surface area (Å²) in [5.41, 5.74) is 0. The van der Waals surface area contributed by atoms with Crippen molar-refractivity contribution in [1.82, 2.24) is 0 Å². The van der Waals surface area contributed by atoms with Crippen LogP contribution >= 0.6 is 0 Å². The van der Waals surface area contributed by atoms with E-state index in [1.807, 2.05) is 0 Å². The van der Waals surface area contributed by atoms with E-state index in [4.69, 9.17) is 12.3 Å². The van der Waals surface area contributed by atoms with E-state index < -0.39 is 33.8 Å². The molecule has 1 rings (SSSR count). The lowest BCUT2D eigenvalue weighted by molar-refractivity contribution is 0.262. The standard InChI is InChI=1S/C15H36O3Si4/c1-19(2,3)16-22(17-20(4,5)6,18-21(7,8)9)15-13-11-10-12-14-15/h13H,10-12,14H2,1-9H3.